The smallest absolute Gasteiger partial charge is 0.219 e. The summed E-state index contributed by atoms with van der Waals surface area (Å²) in [4.78, 5) is 4.35. The molecule has 2 aromatic heterocycles. The number of halogens is 1. The summed E-state index contributed by atoms with van der Waals surface area (Å²) >= 11 is 7.36. The van der Waals surface area contributed by atoms with Gasteiger partial charge in [-0.25, -0.2) is 4.98 Å². The number of alkyl halides is 1. The van der Waals surface area contributed by atoms with Crippen LogP contribution >= 0.6 is 23.4 Å². The highest BCUT2D eigenvalue weighted by molar-refractivity contribution is 7.99. The first-order chi connectivity index (χ1) is 11.8. The molecule has 0 atom stereocenters. The third-order valence-electron chi connectivity index (χ3n) is 3.30. The molecule has 0 unspecified atom stereocenters. The van der Waals surface area contributed by atoms with Gasteiger partial charge in [-0.3, -0.25) is 0 Å². The second kappa shape index (κ2) is 8.17. The molecule has 124 valence electrons. The molecule has 0 N–H and O–H groups in total. The van der Waals surface area contributed by atoms with Crippen molar-refractivity contribution in [3.05, 3.63) is 48.7 Å². The van der Waals surface area contributed by atoms with Gasteiger partial charge in [-0.2, -0.15) is 0 Å². The standard InChI is InChI=1S/C17H17ClN4OS/c1-22-16(20-21-17(22)24-11-5-10-18)13-8-9-15(19-12-13)23-14-6-3-2-4-7-14/h2-4,6-9,12H,5,10-11H2,1H3. The summed E-state index contributed by atoms with van der Waals surface area (Å²) in [5.74, 6) is 3.67. The molecule has 3 rings (SSSR count). The van der Waals surface area contributed by atoms with Crippen LogP contribution in [0.2, 0.25) is 0 Å². The monoisotopic (exact) mass is 360 g/mol. The molecule has 7 heteroatoms. The third kappa shape index (κ3) is 4.07. The lowest BCUT2D eigenvalue weighted by atomic mass is 10.2. The van der Waals surface area contributed by atoms with Crippen LogP contribution < -0.4 is 4.74 Å². The van der Waals surface area contributed by atoms with Crippen molar-refractivity contribution in [1.29, 1.82) is 0 Å². The Morgan fingerprint density at radius 2 is 1.96 bits per heavy atom. The Bertz CT molecular complexity index is 777. The van der Waals surface area contributed by atoms with Crippen LogP contribution in [-0.2, 0) is 7.05 Å². The van der Waals surface area contributed by atoms with E-state index < -0.39 is 0 Å². The van der Waals surface area contributed by atoms with Crippen LogP contribution in [0.4, 0.5) is 0 Å². The van der Waals surface area contributed by atoms with E-state index in [4.69, 9.17) is 16.3 Å². The zero-order valence-electron chi connectivity index (χ0n) is 13.2. The molecular weight excluding hydrogens is 344 g/mol. The molecule has 0 radical (unpaired) electrons. The summed E-state index contributed by atoms with van der Waals surface area (Å²) in [6.07, 6.45) is 2.69. The largest absolute Gasteiger partial charge is 0.439 e. The first kappa shape index (κ1) is 16.8. The van der Waals surface area contributed by atoms with Gasteiger partial charge in [0.2, 0.25) is 5.88 Å². The van der Waals surface area contributed by atoms with Crippen LogP contribution in [-0.4, -0.2) is 31.4 Å². The quantitative estimate of drug-likeness (QED) is 0.355. The second-order valence-electron chi connectivity index (χ2n) is 5.06. The summed E-state index contributed by atoms with van der Waals surface area (Å²) in [5, 5.41) is 9.36. The molecule has 24 heavy (non-hydrogen) atoms. The SMILES string of the molecule is Cn1c(SCCCCl)nnc1-c1ccc(Oc2ccccc2)nc1. The Kier molecular flexibility index (Phi) is 5.72. The van der Waals surface area contributed by atoms with Gasteiger partial charge in [0.1, 0.15) is 5.75 Å². The first-order valence-electron chi connectivity index (χ1n) is 7.55. The van der Waals surface area contributed by atoms with Crippen LogP contribution in [0.15, 0.2) is 53.8 Å². The summed E-state index contributed by atoms with van der Waals surface area (Å²) in [7, 11) is 1.95. The van der Waals surface area contributed by atoms with Gasteiger partial charge < -0.3 is 9.30 Å². The number of aromatic nitrogens is 4. The van der Waals surface area contributed by atoms with Gasteiger partial charge in [0.05, 0.1) is 0 Å². The van der Waals surface area contributed by atoms with Crippen LogP contribution in [0, 0.1) is 0 Å². The van der Waals surface area contributed by atoms with Crippen molar-refractivity contribution < 1.29 is 4.74 Å². The van der Waals surface area contributed by atoms with Crippen molar-refractivity contribution >= 4 is 23.4 Å². The van der Waals surface area contributed by atoms with Gasteiger partial charge in [-0.1, -0.05) is 30.0 Å². The molecule has 0 spiro atoms. The molecule has 1 aromatic carbocycles. The lowest BCUT2D eigenvalue weighted by Gasteiger charge is -2.06. The normalized spacial score (nSPS) is 10.8. The van der Waals surface area contributed by atoms with Crippen molar-refractivity contribution in [2.24, 2.45) is 7.05 Å². The number of nitrogens with zero attached hydrogens (tertiary/aromatic N) is 4. The zero-order chi connectivity index (χ0) is 16.8. The van der Waals surface area contributed by atoms with E-state index >= 15 is 0 Å². The minimum absolute atomic E-state index is 0.545. The molecule has 2 heterocycles. The van der Waals surface area contributed by atoms with Crippen molar-refractivity contribution in [1.82, 2.24) is 19.7 Å². The number of ether oxygens (including phenoxy) is 1. The summed E-state index contributed by atoms with van der Waals surface area (Å²) in [6.45, 7) is 0. The van der Waals surface area contributed by atoms with E-state index in [1.165, 1.54) is 0 Å². The van der Waals surface area contributed by atoms with Crippen molar-refractivity contribution in [2.45, 2.75) is 11.6 Å². The van der Waals surface area contributed by atoms with Crippen LogP contribution in [0.3, 0.4) is 0 Å². The highest BCUT2D eigenvalue weighted by atomic mass is 35.5. The van der Waals surface area contributed by atoms with E-state index in [0.717, 1.165) is 34.5 Å². The van der Waals surface area contributed by atoms with Gasteiger partial charge >= 0.3 is 0 Å². The minimum Gasteiger partial charge on any atom is -0.439 e. The van der Waals surface area contributed by atoms with Gasteiger partial charge in [-0.05, 0) is 24.6 Å². The van der Waals surface area contributed by atoms with Crippen molar-refractivity contribution in [3.8, 4) is 23.0 Å². The average Bonchev–Trinajstić information content (AvgIpc) is 2.98. The zero-order valence-corrected chi connectivity index (χ0v) is 14.8. The molecule has 0 saturated heterocycles. The maximum Gasteiger partial charge on any atom is 0.219 e. The van der Waals surface area contributed by atoms with E-state index in [2.05, 4.69) is 15.2 Å². The third-order valence-corrected chi connectivity index (χ3v) is 4.68. The highest BCUT2D eigenvalue weighted by Gasteiger charge is 2.11. The van der Waals surface area contributed by atoms with E-state index in [1.807, 2.05) is 54.1 Å². The molecule has 5 nitrogen and oxygen atoms in total. The minimum atomic E-state index is 0.545. The van der Waals surface area contributed by atoms with Gasteiger partial charge in [0.25, 0.3) is 0 Å². The molecule has 0 aliphatic carbocycles. The Balaban J connectivity index is 1.71. The Morgan fingerprint density at radius 3 is 2.67 bits per heavy atom. The maximum absolute atomic E-state index is 5.71. The van der Waals surface area contributed by atoms with Crippen molar-refractivity contribution in [2.75, 3.05) is 11.6 Å². The van der Waals surface area contributed by atoms with Gasteiger partial charge in [0, 0.05) is 36.5 Å². The van der Waals surface area contributed by atoms with E-state index in [-0.39, 0.29) is 0 Å². The van der Waals surface area contributed by atoms with Gasteiger partial charge in [0.15, 0.2) is 11.0 Å². The lowest BCUT2D eigenvalue weighted by molar-refractivity contribution is 0.463. The summed E-state index contributed by atoms with van der Waals surface area (Å²) in [6, 6.07) is 13.3. The molecule has 3 aromatic rings. The maximum atomic E-state index is 5.71. The van der Waals surface area contributed by atoms with E-state index in [1.54, 1.807) is 18.0 Å². The summed E-state index contributed by atoms with van der Waals surface area (Å²) in [5.41, 5.74) is 0.898. The van der Waals surface area contributed by atoms with Gasteiger partial charge in [-0.15, -0.1) is 21.8 Å². The van der Waals surface area contributed by atoms with Crippen LogP contribution in [0.25, 0.3) is 11.4 Å². The molecular formula is C17H17ClN4OS. The Morgan fingerprint density at radius 1 is 1.12 bits per heavy atom. The van der Waals surface area contributed by atoms with E-state index in [9.17, 15) is 0 Å². The molecule has 0 saturated carbocycles. The number of hydrogen-bond donors (Lipinski definition) is 0. The number of thioether (sulfide) groups is 1. The number of pyridine rings is 1. The van der Waals surface area contributed by atoms with Crippen molar-refractivity contribution in [3.63, 3.8) is 0 Å². The second-order valence-corrected chi connectivity index (χ2v) is 6.50. The fraction of sp³-hybridized carbons (Fsp3) is 0.235. The number of para-hydroxylation sites is 1. The van der Waals surface area contributed by atoms with Crippen LogP contribution in [0.1, 0.15) is 6.42 Å². The lowest BCUT2D eigenvalue weighted by Crippen LogP contribution is -1.96. The topological polar surface area (TPSA) is 52.8 Å². The first-order valence-corrected chi connectivity index (χ1v) is 9.07. The average molecular weight is 361 g/mol. The predicted molar refractivity (Wildman–Crippen MR) is 96.8 cm³/mol. The Labute approximate surface area is 150 Å². The fourth-order valence-corrected chi connectivity index (χ4v) is 3.23. The highest BCUT2D eigenvalue weighted by Crippen LogP contribution is 2.25. The number of hydrogen-bond acceptors (Lipinski definition) is 5. The predicted octanol–water partition coefficient (Wildman–Crippen LogP) is 4.39. The molecule has 0 fully saturated rings. The molecule has 0 bridgehead atoms. The Hall–Kier alpha value is -2.05. The van der Waals surface area contributed by atoms with E-state index in [0.29, 0.717) is 11.8 Å². The van der Waals surface area contributed by atoms with Crippen LogP contribution in [0.5, 0.6) is 11.6 Å². The molecule has 0 aliphatic heterocycles. The summed E-state index contributed by atoms with van der Waals surface area (Å²) < 4.78 is 7.67. The fourth-order valence-electron chi connectivity index (χ4n) is 2.09. The molecule has 0 aliphatic rings. The number of rotatable bonds is 7. The number of benzene rings is 1. The molecule has 0 amide bonds.